The number of aromatic amines is 1. The minimum absolute atomic E-state index is 0.376. The van der Waals surface area contributed by atoms with Gasteiger partial charge in [-0.25, -0.2) is 0 Å². The van der Waals surface area contributed by atoms with Crippen molar-refractivity contribution in [1.82, 2.24) is 4.98 Å². The predicted molar refractivity (Wildman–Crippen MR) is 83.1 cm³/mol. The second-order valence-electron chi connectivity index (χ2n) is 4.86. The van der Waals surface area contributed by atoms with Gasteiger partial charge in [-0.1, -0.05) is 24.8 Å². The van der Waals surface area contributed by atoms with Crippen LogP contribution in [0.5, 0.6) is 0 Å². The molecule has 1 heterocycles. The average molecular weight is 304 g/mol. The van der Waals surface area contributed by atoms with Crippen LogP contribution in [0, 0.1) is 24.0 Å². The van der Waals surface area contributed by atoms with Gasteiger partial charge in [0.1, 0.15) is 4.90 Å². The largest absolute Gasteiger partial charge is 0.347 e. The highest BCUT2D eigenvalue weighted by atomic mass is 32.2. The van der Waals surface area contributed by atoms with Crippen LogP contribution in [-0.4, -0.2) is 9.91 Å². The molecule has 0 aliphatic rings. The lowest BCUT2D eigenvalue weighted by atomic mass is 10.2. The van der Waals surface area contributed by atoms with Crippen molar-refractivity contribution in [1.29, 1.82) is 0 Å². The molecule has 0 saturated carbocycles. The number of H-pyrrole nitrogens is 1. The van der Waals surface area contributed by atoms with Gasteiger partial charge in [0.25, 0.3) is 0 Å². The summed E-state index contributed by atoms with van der Waals surface area (Å²) in [5.41, 5.74) is 1.90. The van der Waals surface area contributed by atoms with E-state index in [-0.39, 0.29) is 5.69 Å². The SMILES string of the molecule is CCc1c[nH]c(=O)c([N+](=O)[O-])c1Sc1cc(C)cc(C)c1. The van der Waals surface area contributed by atoms with Crippen molar-refractivity contribution in [2.24, 2.45) is 0 Å². The Hall–Kier alpha value is -2.08. The maximum absolute atomic E-state index is 11.8. The molecule has 0 aliphatic carbocycles. The Bertz CT molecular complexity index is 733. The number of benzene rings is 1. The standard InChI is InChI=1S/C15H16N2O3S/c1-4-11-8-16-15(18)13(17(19)20)14(11)21-12-6-9(2)5-10(3)7-12/h5-8H,4H2,1-3H3,(H,16,18). The molecule has 0 atom stereocenters. The average Bonchev–Trinajstić information content (AvgIpc) is 2.37. The molecular formula is C15H16N2O3S. The Labute approximate surface area is 126 Å². The van der Waals surface area contributed by atoms with E-state index in [4.69, 9.17) is 0 Å². The molecular weight excluding hydrogens is 288 g/mol. The molecule has 0 amide bonds. The topological polar surface area (TPSA) is 76.0 Å². The lowest BCUT2D eigenvalue weighted by Crippen LogP contribution is -2.13. The van der Waals surface area contributed by atoms with Gasteiger partial charge in [-0.3, -0.25) is 14.9 Å². The first-order valence-corrected chi connectivity index (χ1v) is 7.39. The molecule has 0 spiro atoms. The Morgan fingerprint density at radius 1 is 1.24 bits per heavy atom. The summed E-state index contributed by atoms with van der Waals surface area (Å²) in [6, 6.07) is 5.96. The molecule has 0 unspecified atom stereocenters. The normalized spacial score (nSPS) is 10.6. The second kappa shape index (κ2) is 6.13. The molecule has 21 heavy (non-hydrogen) atoms. The molecule has 1 N–H and O–H groups in total. The van der Waals surface area contributed by atoms with E-state index >= 15 is 0 Å². The summed E-state index contributed by atoms with van der Waals surface area (Å²) in [5, 5.41) is 11.2. The van der Waals surface area contributed by atoms with Gasteiger partial charge in [-0.15, -0.1) is 0 Å². The van der Waals surface area contributed by atoms with Gasteiger partial charge >= 0.3 is 11.2 Å². The number of rotatable bonds is 4. The van der Waals surface area contributed by atoms with Crippen molar-refractivity contribution in [3.63, 3.8) is 0 Å². The van der Waals surface area contributed by atoms with Crippen molar-refractivity contribution in [2.75, 3.05) is 0 Å². The van der Waals surface area contributed by atoms with E-state index < -0.39 is 10.5 Å². The molecule has 0 bridgehead atoms. The summed E-state index contributed by atoms with van der Waals surface area (Å²) in [7, 11) is 0. The summed E-state index contributed by atoms with van der Waals surface area (Å²) in [5.74, 6) is 0. The van der Waals surface area contributed by atoms with Gasteiger partial charge in [0.15, 0.2) is 0 Å². The minimum Gasteiger partial charge on any atom is -0.323 e. The molecule has 5 nitrogen and oxygen atoms in total. The monoisotopic (exact) mass is 304 g/mol. The lowest BCUT2D eigenvalue weighted by Gasteiger charge is -2.09. The Kier molecular flexibility index (Phi) is 4.47. The van der Waals surface area contributed by atoms with Gasteiger partial charge in [0, 0.05) is 11.1 Å². The van der Waals surface area contributed by atoms with E-state index in [1.54, 1.807) is 6.20 Å². The zero-order valence-corrected chi connectivity index (χ0v) is 12.9. The lowest BCUT2D eigenvalue weighted by molar-refractivity contribution is -0.389. The summed E-state index contributed by atoms with van der Waals surface area (Å²) < 4.78 is 0. The van der Waals surface area contributed by atoms with E-state index in [1.807, 2.05) is 39.0 Å². The maximum atomic E-state index is 11.8. The maximum Gasteiger partial charge on any atom is 0.347 e. The van der Waals surface area contributed by atoms with Crippen LogP contribution in [0.3, 0.4) is 0 Å². The highest BCUT2D eigenvalue weighted by molar-refractivity contribution is 7.99. The smallest absolute Gasteiger partial charge is 0.323 e. The number of aryl methyl sites for hydroxylation is 3. The van der Waals surface area contributed by atoms with Crippen LogP contribution in [0.15, 0.2) is 39.0 Å². The zero-order chi connectivity index (χ0) is 15.6. The molecule has 1 aromatic heterocycles. The van der Waals surface area contributed by atoms with Crippen molar-refractivity contribution in [2.45, 2.75) is 37.0 Å². The highest BCUT2D eigenvalue weighted by Gasteiger charge is 2.23. The third-order valence-electron chi connectivity index (χ3n) is 3.08. The third kappa shape index (κ3) is 3.33. The fraction of sp³-hybridized carbons (Fsp3) is 0.267. The molecule has 0 fully saturated rings. The molecule has 0 radical (unpaired) electrons. The third-order valence-corrected chi connectivity index (χ3v) is 4.21. The first-order chi connectivity index (χ1) is 9.92. The van der Waals surface area contributed by atoms with E-state index in [0.717, 1.165) is 21.6 Å². The second-order valence-corrected chi connectivity index (χ2v) is 5.94. The number of aromatic nitrogens is 1. The number of pyridine rings is 1. The van der Waals surface area contributed by atoms with Crippen LogP contribution in [0.2, 0.25) is 0 Å². The number of nitrogens with one attached hydrogen (secondary N) is 1. The van der Waals surface area contributed by atoms with Crippen LogP contribution < -0.4 is 5.56 Å². The molecule has 0 aliphatic heterocycles. The zero-order valence-electron chi connectivity index (χ0n) is 12.1. The molecule has 6 heteroatoms. The van der Waals surface area contributed by atoms with E-state index in [9.17, 15) is 14.9 Å². The molecule has 110 valence electrons. The number of hydrogen-bond acceptors (Lipinski definition) is 4. The summed E-state index contributed by atoms with van der Waals surface area (Å²) in [6.45, 7) is 5.86. The first kappa shape index (κ1) is 15.3. The van der Waals surface area contributed by atoms with Crippen LogP contribution >= 0.6 is 11.8 Å². The Morgan fingerprint density at radius 3 is 2.38 bits per heavy atom. The van der Waals surface area contributed by atoms with E-state index in [2.05, 4.69) is 4.98 Å². The number of nitrogens with zero attached hydrogens (tertiary/aromatic N) is 1. The predicted octanol–water partition coefficient (Wildman–Crippen LogP) is 3.61. The van der Waals surface area contributed by atoms with Crippen molar-refractivity contribution in [3.8, 4) is 0 Å². The number of hydrogen-bond donors (Lipinski definition) is 1. The van der Waals surface area contributed by atoms with Crippen LogP contribution in [0.25, 0.3) is 0 Å². The van der Waals surface area contributed by atoms with Gasteiger partial charge in [0.05, 0.1) is 4.92 Å². The Balaban J connectivity index is 2.59. The van der Waals surface area contributed by atoms with Crippen LogP contribution in [0.1, 0.15) is 23.6 Å². The molecule has 2 aromatic rings. The van der Waals surface area contributed by atoms with E-state index in [1.165, 1.54) is 11.8 Å². The highest BCUT2D eigenvalue weighted by Crippen LogP contribution is 2.36. The number of nitro groups is 1. The van der Waals surface area contributed by atoms with Crippen molar-refractivity contribution < 1.29 is 4.92 Å². The summed E-state index contributed by atoms with van der Waals surface area (Å²) in [4.78, 5) is 26.1. The van der Waals surface area contributed by atoms with Gasteiger partial charge < -0.3 is 4.98 Å². The minimum atomic E-state index is -0.663. The first-order valence-electron chi connectivity index (χ1n) is 6.57. The fourth-order valence-corrected chi connectivity index (χ4v) is 3.52. The fourth-order valence-electron chi connectivity index (χ4n) is 2.19. The molecule has 1 aromatic carbocycles. The molecule has 0 saturated heterocycles. The van der Waals surface area contributed by atoms with Gasteiger partial charge in [0.2, 0.25) is 0 Å². The van der Waals surface area contributed by atoms with Crippen LogP contribution in [-0.2, 0) is 6.42 Å². The van der Waals surface area contributed by atoms with Crippen molar-refractivity contribution in [3.05, 3.63) is 61.6 Å². The van der Waals surface area contributed by atoms with Gasteiger partial charge in [-0.05, 0) is 49.1 Å². The van der Waals surface area contributed by atoms with Gasteiger partial charge in [-0.2, -0.15) is 0 Å². The summed E-state index contributed by atoms with van der Waals surface area (Å²) in [6.07, 6.45) is 2.17. The Morgan fingerprint density at radius 2 is 1.86 bits per heavy atom. The van der Waals surface area contributed by atoms with Crippen LogP contribution in [0.4, 0.5) is 5.69 Å². The molecule has 2 rings (SSSR count). The quantitative estimate of drug-likeness (QED) is 0.691. The van der Waals surface area contributed by atoms with E-state index in [0.29, 0.717) is 11.3 Å². The summed E-state index contributed by atoms with van der Waals surface area (Å²) >= 11 is 1.27. The van der Waals surface area contributed by atoms with Crippen molar-refractivity contribution >= 4 is 17.4 Å².